The molecular formula is C27H30N6O2. The molecule has 8 nitrogen and oxygen atoms in total. The number of rotatable bonds is 3. The Morgan fingerprint density at radius 2 is 1.97 bits per heavy atom. The average molecular weight is 471 g/mol. The van der Waals surface area contributed by atoms with Gasteiger partial charge in [0, 0.05) is 47.9 Å². The van der Waals surface area contributed by atoms with Crippen molar-refractivity contribution in [2.24, 2.45) is 5.41 Å². The molecule has 0 radical (unpaired) electrons. The standard InChI is InChI=1S/C27H30N6O2/c1-17-14-33-22(23(17)19-7-8-21-18(10-19)6-5-9-28-21)13-29-24(31-33)30-20-11-27(12-20)15-32(16-27)25(34)35-26(2,3)4/h5-10,13-14,20H,11-12,15-16H2,1-4H3,(H,30,31). The van der Waals surface area contributed by atoms with Crippen LogP contribution in [0.1, 0.15) is 39.2 Å². The summed E-state index contributed by atoms with van der Waals surface area (Å²) in [6.45, 7) is 9.33. The summed E-state index contributed by atoms with van der Waals surface area (Å²) in [5.74, 6) is 0.630. The van der Waals surface area contributed by atoms with Crippen LogP contribution in [0.5, 0.6) is 0 Å². The number of pyridine rings is 1. The Kier molecular flexibility index (Phi) is 4.78. The van der Waals surface area contributed by atoms with Crippen LogP contribution in [0.4, 0.5) is 10.7 Å². The van der Waals surface area contributed by atoms with Crippen LogP contribution in [0.15, 0.2) is 48.9 Å². The molecule has 1 aromatic carbocycles. The number of nitrogens with one attached hydrogen (secondary N) is 1. The van der Waals surface area contributed by atoms with Crippen LogP contribution in [-0.4, -0.2) is 55.3 Å². The van der Waals surface area contributed by atoms with Crippen LogP contribution in [0.25, 0.3) is 27.5 Å². The molecule has 2 aliphatic rings. The first-order chi connectivity index (χ1) is 16.7. The number of aromatic nitrogens is 4. The predicted molar refractivity (Wildman–Crippen MR) is 135 cm³/mol. The minimum absolute atomic E-state index is 0.209. The second-order valence-corrected chi connectivity index (χ2v) is 11.1. The van der Waals surface area contributed by atoms with E-state index >= 15 is 0 Å². The molecule has 3 aromatic heterocycles. The Morgan fingerprint density at radius 1 is 1.17 bits per heavy atom. The van der Waals surface area contributed by atoms with E-state index in [0.717, 1.165) is 59.0 Å². The topological polar surface area (TPSA) is 84.7 Å². The fourth-order valence-corrected chi connectivity index (χ4v) is 5.51. The summed E-state index contributed by atoms with van der Waals surface area (Å²) >= 11 is 0. The number of hydrogen-bond donors (Lipinski definition) is 1. The van der Waals surface area contributed by atoms with Gasteiger partial charge < -0.3 is 15.0 Å². The van der Waals surface area contributed by atoms with E-state index in [2.05, 4.69) is 52.7 Å². The number of aryl methyl sites for hydroxylation is 1. The first kappa shape index (κ1) is 21.8. The fraction of sp³-hybridized carbons (Fsp3) is 0.407. The van der Waals surface area contributed by atoms with E-state index in [1.807, 2.05) is 43.7 Å². The molecule has 1 amide bonds. The highest BCUT2D eigenvalue weighted by molar-refractivity contribution is 5.90. The third-order valence-corrected chi connectivity index (χ3v) is 7.01. The highest BCUT2D eigenvalue weighted by atomic mass is 16.6. The number of ether oxygens (including phenoxy) is 1. The molecule has 35 heavy (non-hydrogen) atoms. The Morgan fingerprint density at radius 3 is 2.74 bits per heavy atom. The van der Waals surface area contributed by atoms with Gasteiger partial charge >= 0.3 is 6.09 Å². The van der Waals surface area contributed by atoms with Crippen LogP contribution in [0.2, 0.25) is 0 Å². The normalized spacial score (nSPS) is 17.4. The third kappa shape index (κ3) is 3.96. The zero-order valence-electron chi connectivity index (χ0n) is 20.6. The first-order valence-corrected chi connectivity index (χ1v) is 12.1. The Labute approximate surface area is 204 Å². The minimum Gasteiger partial charge on any atom is -0.444 e. The van der Waals surface area contributed by atoms with Gasteiger partial charge in [-0.1, -0.05) is 12.1 Å². The van der Waals surface area contributed by atoms with Crippen molar-refractivity contribution in [3.63, 3.8) is 0 Å². The van der Waals surface area contributed by atoms with Gasteiger partial charge in [0.2, 0.25) is 5.95 Å². The highest BCUT2D eigenvalue weighted by Crippen LogP contribution is 2.49. The van der Waals surface area contributed by atoms with Gasteiger partial charge in [-0.3, -0.25) is 4.98 Å². The molecule has 1 spiro atoms. The molecule has 0 atom stereocenters. The molecular weight excluding hydrogens is 440 g/mol. The maximum Gasteiger partial charge on any atom is 0.410 e. The lowest BCUT2D eigenvalue weighted by atomic mass is 9.61. The summed E-state index contributed by atoms with van der Waals surface area (Å²) in [6, 6.07) is 10.7. The van der Waals surface area contributed by atoms with Crippen molar-refractivity contribution >= 4 is 28.5 Å². The number of nitrogens with zero attached hydrogens (tertiary/aromatic N) is 5. The zero-order chi connectivity index (χ0) is 24.4. The highest BCUT2D eigenvalue weighted by Gasteiger charge is 2.54. The monoisotopic (exact) mass is 470 g/mol. The van der Waals surface area contributed by atoms with Gasteiger partial charge in [0.05, 0.1) is 17.2 Å². The van der Waals surface area contributed by atoms with E-state index in [1.165, 1.54) is 0 Å². The van der Waals surface area contributed by atoms with Gasteiger partial charge in [-0.15, -0.1) is 5.10 Å². The first-order valence-electron chi connectivity index (χ1n) is 12.1. The molecule has 1 N–H and O–H groups in total. The largest absolute Gasteiger partial charge is 0.444 e. The van der Waals surface area contributed by atoms with Crippen molar-refractivity contribution in [2.75, 3.05) is 18.4 Å². The fourth-order valence-electron chi connectivity index (χ4n) is 5.51. The van der Waals surface area contributed by atoms with Crippen LogP contribution in [-0.2, 0) is 4.74 Å². The molecule has 8 heteroatoms. The summed E-state index contributed by atoms with van der Waals surface area (Å²) in [7, 11) is 0. The van der Waals surface area contributed by atoms with E-state index in [0.29, 0.717) is 12.0 Å². The Balaban J connectivity index is 1.13. The number of anilines is 1. The van der Waals surface area contributed by atoms with Gasteiger partial charge in [-0.05, 0) is 69.9 Å². The minimum atomic E-state index is -0.457. The van der Waals surface area contributed by atoms with Gasteiger partial charge in [-0.25, -0.2) is 14.3 Å². The van der Waals surface area contributed by atoms with Crippen LogP contribution in [0.3, 0.4) is 0 Å². The lowest BCUT2D eigenvalue weighted by Crippen LogP contribution is -2.66. The summed E-state index contributed by atoms with van der Waals surface area (Å²) in [4.78, 5) is 23.1. The maximum absolute atomic E-state index is 12.2. The van der Waals surface area contributed by atoms with Crippen LogP contribution >= 0.6 is 0 Å². The second-order valence-electron chi connectivity index (χ2n) is 11.1. The van der Waals surface area contributed by atoms with Crippen molar-refractivity contribution in [1.82, 2.24) is 24.5 Å². The third-order valence-electron chi connectivity index (χ3n) is 7.01. The molecule has 180 valence electrons. The summed E-state index contributed by atoms with van der Waals surface area (Å²) in [6.07, 6.45) is 7.57. The van der Waals surface area contributed by atoms with E-state index in [4.69, 9.17) is 9.84 Å². The van der Waals surface area contributed by atoms with Crippen molar-refractivity contribution in [2.45, 2.75) is 52.2 Å². The summed E-state index contributed by atoms with van der Waals surface area (Å²) in [5, 5.41) is 9.34. The van der Waals surface area contributed by atoms with Gasteiger partial charge in [0.25, 0.3) is 0 Å². The number of carbonyl (C=O) groups is 1. The van der Waals surface area contributed by atoms with Crippen LogP contribution < -0.4 is 5.32 Å². The van der Waals surface area contributed by atoms with Gasteiger partial charge in [0.15, 0.2) is 0 Å². The molecule has 1 aliphatic carbocycles. The Bertz CT molecular complexity index is 1440. The SMILES string of the molecule is Cc1cn2nc(NC3CC4(C3)CN(C(=O)OC(C)(C)C)C4)ncc2c1-c1ccc2ncccc2c1. The molecule has 1 aliphatic heterocycles. The lowest BCUT2D eigenvalue weighted by molar-refractivity contribution is -0.0739. The molecule has 4 aromatic rings. The molecule has 6 rings (SSSR count). The lowest BCUT2D eigenvalue weighted by Gasteiger charge is -2.58. The van der Waals surface area contributed by atoms with Crippen LogP contribution in [0, 0.1) is 12.3 Å². The smallest absolute Gasteiger partial charge is 0.410 e. The van der Waals surface area contributed by atoms with Crippen molar-refractivity contribution in [3.05, 3.63) is 54.5 Å². The molecule has 0 bridgehead atoms. The van der Waals surface area contributed by atoms with E-state index < -0.39 is 5.60 Å². The number of amides is 1. The Hall–Kier alpha value is -3.68. The zero-order valence-corrected chi connectivity index (χ0v) is 20.6. The van der Waals surface area contributed by atoms with Crippen molar-refractivity contribution in [1.29, 1.82) is 0 Å². The van der Waals surface area contributed by atoms with Gasteiger partial charge in [0.1, 0.15) is 5.60 Å². The second kappa shape index (κ2) is 7.66. The van der Waals surface area contributed by atoms with Gasteiger partial charge in [-0.2, -0.15) is 0 Å². The van der Waals surface area contributed by atoms with Crippen molar-refractivity contribution in [3.8, 4) is 11.1 Å². The average Bonchev–Trinajstić information content (AvgIpc) is 3.07. The molecule has 0 unspecified atom stereocenters. The van der Waals surface area contributed by atoms with E-state index in [9.17, 15) is 4.79 Å². The van der Waals surface area contributed by atoms with E-state index in [-0.39, 0.29) is 11.5 Å². The molecule has 4 heterocycles. The molecule has 1 saturated carbocycles. The number of fused-ring (bicyclic) bond motifs is 2. The molecule has 2 fully saturated rings. The number of carbonyl (C=O) groups excluding carboxylic acids is 1. The molecule has 1 saturated heterocycles. The number of benzene rings is 1. The number of hydrogen-bond acceptors (Lipinski definition) is 6. The number of likely N-dealkylation sites (tertiary alicyclic amines) is 1. The predicted octanol–water partition coefficient (Wildman–Crippen LogP) is 5.06. The summed E-state index contributed by atoms with van der Waals surface area (Å²) < 4.78 is 7.39. The maximum atomic E-state index is 12.2. The van der Waals surface area contributed by atoms with Crippen molar-refractivity contribution < 1.29 is 9.53 Å². The quantitative estimate of drug-likeness (QED) is 0.450. The van der Waals surface area contributed by atoms with E-state index in [1.54, 1.807) is 4.90 Å². The summed E-state index contributed by atoms with van der Waals surface area (Å²) in [5.41, 5.74) is 5.14.